The van der Waals surface area contributed by atoms with Gasteiger partial charge in [0.15, 0.2) is 11.6 Å². The number of aromatic hydroxyl groups is 1. The molecular weight excluding hydrogens is 652 g/mol. The summed E-state index contributed by atoms with van der Waals surface area (Å²) < 4.78 is 11.2. The predicted molar refractivity (Wildman–Crippen MR) is 172 cm³/mol. The van der Waals surface area contributed by atoms with Crippen LogP contribution in [0.1, 0.15) is 42.7 Å². The average Bonchev–Trinajstić information content (AvgIpc) is 3.32. The number of hydrogen-bond donors (Lipinski definition) is 1. The molecule has 3 aliphatic carbocycles. The summed E-state index contributed by atoms with van der Waals surface area (Å²) in [5.74, 6) is -3.04. The van der Waals surface area contributed by atoms with Gasteiger partial charge in [-0.25, -0.2) is 0 Å². The maximum Gasteiger partial charge on any atom is 0.233 e. The monoisotopic (exact) mass is 686 g/mol. The van der Waals surface area contributed by atoms with E-state index in [-0.39, 0.29) is 51.6 Å². The van der Waals surface area contributed by atoms with Crippen LogP contribution < -0.4 is 9.47 Å². The molecule has 7 rings (SSSR count). The number of amides is 2. The fourth-order valence-corrected chi connectivity index (χ4v) is 8.71. The fraction of sp³-hybridized carbons (Fsp3) is 0.389. The molecule has 4 atom stereocenters. The van der Waals surface area contributed by atoms with Crippen molar-refractivity contribution in [1.82, 2.24) is 9.80 Å². The summed E-state index contributed by atoms with van der Waals surface area (Å²) in [5, 5.41) is 11.3. The number of likely N-dealkylation sites (tertiary alicyclic amines) is 2. The Bertz CT molecular complexity index is 1740. The Kier molecular flexibility index (Phi) is 7.97. The van der Waals surface area contributed by atoms with Crippen LogP contribution >= 0.6 is 15.9 Å². The van der Waals surface area contributed by atoms with E-state index in [0.29, 0.717) is 41.9 Å². The van der Waals surface area contributed by atoms with Gasteiger partial charge in [-0.05, 0) is 53.1 Å². The highest BCUT2D eigenvalue weighted by atomic mass is 79.9. The number of allylic oxidation sites excluding steroid dienone is 6. The summed E-state index contributed by atoms with van der Waals surface area (Å²) in [4.78, 5) is 59.4. The number of carbonyl (C=O) groups excluding carboxylic acids is 4. The van der Waals surface area contributed by atoms with Gasteiger partial charge in [-0.15, -0.1) is 0 Å². The summed E-state index contributed by atoms with van der Waals surface area (Å²) in [6.45, 7) is 2.39. The third kappa shape index (κ3) is 4.93. The molecule has 2 fully saturated rings. The second-order valence-corrected chi connectivity index (χ2v) is 13.5. The summed E-state index contributed by atoms with van der Waals surface area (Å²) in [6, 6.07) is 13.2. The molecule has 238 valence electrons. The van der Waals surface area contributed by atoms with Crippen molar-refractivity contribution in [2.45, 2.75) is 44.2 Å². The highest BCUT2D eigenvalue weighted by molar-refractivity contribution is 9.12. The lowest BCUT2D eigenvalue weighted by Gasteiger charge is -2.42. The number of carbonyl (C=O) groups is 4. The van der Waals surface area contributed by atoms with Gasteiger partial charge in [0.2, 0.25) is 11.8 Å². The van der Waals surface area contributed by atoms with E-state index in [1.165, 1.54) is 36.8 Å². The first kappa shape index (κ1) is 30.6. The number of rotatable bonds is 6. The molecule has 10 heteroatoms. The lowest BCUT2D eigenvalue weighted by atomic mass is 9.59. The maximum absolute atomic E-state index is 14.3. The smallest absolute Gasteiger partial charge is 0.233 e. The number of phenols is 1. The topological polar surface area (TPSA) is 113 Å². The van der Waals surface area contributed by atoms with Crippen molar-refractivity contribution in [2.24, 2.45) is 17.8 Å². The molecule has 2 amide bonds. The third-order valence-corrected chi connectivity index (χ3v) is 11.0. The summed E-state index contributed by atoms with van der Waals surface area (Å²) in [5.41, 5.74) is 2.89. The number of Topliss-reactive ketones (excluding diaryl/α,β-unsaturated/α-hetero) is 1. The van der Waals surface area contributed by atoms with E-state index in [2.05, 4.69) is 33.0 Å². The molecule has 0 unspecified atom stereocenters. The van der Waals surface area contributed by atoms with Gasteiger partial charge in [0.1, 0.15) is 17.2 Å². The van der Waals surface area contributed by atoms with E-state index in [0.717, 1.165) is 25.2 Å². The molecule has 0 saturated carbocycles. The van der Waals surface area contributed by atoms with Crippen molar-refractivity contribution in [3.8, 4) is 17.2 Å². The zero-order valence-corrected chi connectivity index (χ0v) is 27.3. The molecule has 0 aromatic heterocycles. The maximum atomic E-state index is 14.3. The lowest BCUT2D eigenvalue weighted by Crippen LogP contribution is -2.47. The van der Waals surface area contributed by atoms with E-state index >= 15 is 0 Å². The zero-order valence-electron chi connectivity index (χ0n) is 25.7. The van der Waals surface area contributed by atoms with Crippen LogP contribution in [-0.2, 0) is 25.7 Å². The van der Waals surface area contributed by atoms with Crippen LogP contribution in [0.25, 0.3) is 0 Å². The first-order chi connectivity index (χ1) is 22.2. The number of nitrogens with zero attached hydrogens (tertiary/aromatic N) is 2. The number of imide groups is 1. The Balaban J connectivity index is 1.22. The minimum atomic E-state index is -0.831. The van der Waals surface area contributed by atoms with Crippen LogP contribution in [0.15, 0.2) is 75.8 Å². The third-order valence-electron chi connectivity index (χ3n) is 10.4. The molecule has 1 N–H and O–H groups in total. The van der Waals surface area contributed by atoms with Crippen molar-refractivity contribution in [1.29, 1.82) is 0 Å². The Hall–Kier alpha value is -4.02. The lowest BCUT2D eigenvalue weighted by molar-refractivity contribution is -0.144. The Morgan fingerprint density at radius 3 is 2.39 bits per heavy atom. The van der Waals surface area contributed by atoms with E-state index in [1.807, 2.05) is 24.3 Å². The number of benzene rings is 2. The van der Waals surface area contributed by atoms with Gasteiger partial charge in [0.05, 0.1) is 30.5 Å². The van der Waals surface area contributed by atoms with Crippen molar-refractivity contribution < 1.29 is 33.8 Å². The molecule has 5 aliphatic rings. The minimum Gasteiger partial charge on any atom is -0.507 e. The van der Waals surface area contributed by atoms with Gasteiger partial charge in [-0.3, -0.25) is 29.0 Å². The van der Waals surface area contributed by atoms with Crippen molar-refractivity contribution in [3.05, 3.63) is 86.9 Å². The molecule has 2 heterocycles. The van der Waals surface area contributed by atoms with Gasteiger partial charge in [-0.2, -0.15) is 0 Å². The van der Waals surface area contributed by atoms with Crippen LogP contribution in [0.3, 0.4) is 0 Å². The van der Waals surface area contributed by atoms with Crippen LogP contribution in [0.4, 0.5) is 0 Å². The van der Waals surface area contributed by atoms with Crippen LogP contribution in [0.2, 0.25) is 0 Å². The SMILES string of the molecule is COc1cc(O)c([C@H]2C3=CC[C@@H]4C(=O)N(C5CCN(Cc6ccccc6)CC5)C(=O)[C@@H]4[C@@H]3CC3=C2C(=O)C=C(Br)C3=O)c(OC)c1. The van der Waals surface area contributed by atoms with Gasteiger partial charge in [0, 0.05) is 66.5 Å². The van der Waals surface area contributed by atoms with Crippen LogP contribution in [-0.4, -0.2) is 71.6 Å². The van der Waals surface area contributed by atoms with Crippen LogP contribution in [0, 0.1) is 17.8 Å². The number of phenolic OH excluding ortho intramolecular Hbond substituents is 1. The number of halogens is 1. The first-order valence-corrected chi connectivity index (χ1v) is 16.5. The number of methoxy groups -OCH3 is 2. The normalized spacial score (nSPS) is 26.8. The summed E-state index contributed by atoms with van der Waals surface area (Å²) >= 11 is 3.26. The Morgan fingerprint density at radius 2 is 1.70 bits per heavy atom. The largest absolute Gasteiger partial charge is 0.507 e. The molecule has 2 saturated heterocycles. The molecule has 2 aromatic rings. The predicted octanol–water partition coefficient (Wildman–Crippen LogP) is 4.84. The highest BCUT2D eigenvalue weighted by Gasteiger charge is 2.58. The van der Waals surface area contributed by atoms with Crippen LogP contribution in [0.5, 0.6) is 17.2 Å². The van der Waals surface area contributed by atoms with E-state index in [9.17, 15) is 24.3 Å². The second kappa shape index (κ2) is 12.0. The van der Waals surface area contributed by atoms with Crippen molar-refractivity contribution in [2.75, 3.05) is 27.3 Å². The Labute approximate surface area is 275 Å². The van der Waals surface area contributed by atoms with Gasteiger partial charge >= 0.3 is 0 Å². The molecule has 0 bridgehead atoms. The quantitative estimate of drug-likeness (QED) is 0.261. The fourth-order valence-electron chi connectivity index (χ4n) is 8.26. The van der Waals surface area contributed by atoms with Gasteiger partial charge < -0.3 is 14.6 Å². The number of piperidine rings is 1. The number of hydrogen-bond acceptors (Lipinski definition) is 8. The molecule has 0 radical (unpaired) electrons. The molecule has 9 nitrogen and oxygen atoms in total. The van der Waals surface area contributed by atoms with Gasteiger partial charge in [-0.1, -0.05) is 42.0 Å². The molecule has 2 aromatic carbocycles. The first-order valence-electron chi connectivity index (χ1n) is 15.7. The molecule has 46 heavy (non-hydrogen) atoms. The van der Waals surface area contributed by atoms with Crippen molar-refractivity contribution in [3.63, 3.8) is 0 Å². The van der Waals surface area contributed by atoms with Gasteiger partial charge in [0.25, 0.3) is 0 Å². The zero-order chi connectivity index (χ0) is 32.3. The number of fused-ring (bicyclic) bond motifs is 3. The molecule has 2 aliphatic heterocycles. The van der Waals surface area contributed by atoms with E-state index in [4.69, 9.17) is 9.47 Å². The van der Waals surface area contributed by atoms with E-state index in [1.54, 1.807) is 6.07 Å². The van der Waals surface area contributed by atoms with Crippen molar-refractivity contribution >= 4 is 39.3 Å². The average molecular weight is 688 g/mol. The Morgan fingerprint density at radius 1 is 0.957 bits per heavy atom. The summed E-state index contributed by atoms with van der Waals surface area (Å²) in [6.07, 6.45) is 5.12. The number of ketones is 2. The number of ether oxygens (including phenoxy) is 2. The highest BCUT2D eigenvalue weighted by Crippen LogP contribution is 2.58. The molecule has 0 spiro atoms. The second-order valence-electron chi connectivity index (χ2n) is 12.7. The van der Waals surface area contributed by atoms with E-state index < -0.39 is 23.7 Å². The molecular formula is C36H35BrN2O7. The standard InChI is InChI=1S/C36H35BrN2O7/c1-45-21-14-27(40)33(29(15-21)46-2)32-22-8-9-23-30(24(22)16-25-31(32)28(41)17-26(37)34(25)42)36(44)39(35(23)43)20-10-12-38(13-11-20)18-19-6-4-3-5-7-19/h3-8,14-15,17,20,23-24,30,32,40H,9-13,16,18H2,1-2H3/t23-,24+,30-,32-/m0/s1. The minimum absolute atomic E-state index is 0.150. The summed E-state index contributed by atoms with van der Waals surface area (Å²) in [7, 11) is 2.94.